The first-order valence-electron chi connectivity index (χ1n) is 11.0. The Labute approximate surface area is 187 Å². The van der Waals surface area contributed by atoms with Gasteiger partial charge in [0.2, 0.25) is 5.89 Å². The molecule has 1 unspecified atom stereocenters. The Hall–Kier alpha value is -3.39. The van der Waals surface area contributed by atoms with Gasteiger partial charge in [-0.25, -0.2) is 9.97 Å². The third-order valence-electron chi connectivity index (χ3n) is 6.03. The number of amides is 1. The maximum atomic E-state index is 13.3. The minimum Gasteiger partial charge on any atom is -0.477 e. The normalized spacial score (nSPS) is 19.6. The van der Waals surface area contributed by atoms with E-state index in [0.717, 1.165) is 49.0 Å². The number of para-hydroxylation sites is 1. The molecule has 0 N–H and O–H groups in total. The molecule has 32 heavy (non-hydrogen) atoms. The highest BCUT2D eigenvalue weighted by molar-refractivity contribution is 6.01. The van der Waals surface area contributed by atoms with E-state index in [9.17, 15) is 4.79 Å². The van der Waals surface area contributed by atoms with Crippen LogP contribution >= 0.6 is 0 Å². The maximum Gasteiger partial charge on any atom is 0.268 e. The number of rotatable bonds is 5. The molecule has 2 aliphatic rings. The summed E-state index contributed by atoms with van der Waals surface area (Å²) in [5.74, 6) is 2.65. The van der Waals surface area contributed by atoms with E-state index in [1.807, 2.05) is 43.3 Å². The highest BCUT2D eigenvalue weighted by Crippen LogP contribution is 2.35. The van der Waals surface area contributed by atoms with Crippen molar-refractivity contribution in [2.45, 2.75) is 19.4 Å². The van der Waals surface area contributed by atoms with Gasteiger partial charge in [-0.05, 0) is 38.2 Å². The molecule has 4 heterocycles. The largest absolute Gasteiger partial charge is 0.477 e. The number of hydrogen-bond acceptors (Lipinski definition) is 7. The molecule has 2 aliphatic heterocycles. The molecule has 0 spiro atoms. The van der Waals surface area contributed by atoms with Crippen molar-refractivity contribution in [2.75, 3.05) is 49.6 Å². The van der Waals surface area contributed by atoms with Crippen molar-refractivity contribution < 1.29 is 13.9 Å². The first kappa shape index (κ1) is 20.5. The number of benzene rings is 1. The quantitative estimate of drug-likeness (QED) is 0.612. The number of pyridine rings is 1. The number of aryl methyl sites for hydroxylation is 1. The Morgan fingerprint density at radius 1 is 1.03 bits per heavy atom. The fourth-order valence-corrected chi connectivity index (χ4v) is 4.25. The minimum atomic E-state index is -0.551. The van der Waals surface area contributed by atoms with Crippen LogP contribution in [0.5, 0.6) is 5.75 Å². The number of ether oxygens (including phenoxy) is 1. The SMILES string of the molecule is Cc1cnc(-c2ccccc2N2CCC(Oc3cccnc3N3CCN(C)CC3)C2=O)o1. The van der Waals surface area contributed by atoms with Gasteiger partial charge >= 0.3 is 0 Å². The third kappa shape index (κ3) is 3.93. The number of anilines is 2. The van der Waals surface area contributed by atoms with Crippen LogP contribution in [-0.2, 0) is 4.79 Å². The molecule has 0 saturated carbocycles. The van der Waals surface area contributed by atoms with Crippen LogP contribution in [0.4, 0.5) is 11.5 Å². The third-order valence-corrected chi connectivity index (χ3v) is 6.03. The fourth-order valence-electron chi connectivity index (χ4n) is 4.25. The van der Waals surface area contributed by atoms with E-state index >= 15 is 0 Å². The number of oxazole rings is 1. The van der Waals surface area contributed by atoms with Gasteiger partial charge in [0.05, 0.1) is 17.4 Å². The van der Waals surface area contributed by atoms with Crippen molar-refractivity contribution in [3.05, 3.63) is 54.6 Å². The van der Waals surface area contributed by atoms with E-state index in [2.05, 4.69) is 26.8 Å². The molecule has 0 aliphatic carbocycles. The molecule has 2 fully saturated rings. The van der Waals surface area contributed by atoms with Gasteiger partial charge in [-0.3, -0.25) is 4.79 Å². The zero-order chi connectivity index (χ0) is 22.1. The number of carbonyl (C=O) groups excluding carboxylic acids is 1. The number of hydrogen-bond donors (Lipinski definition) is 0. The second-order valence-corrected chi connectivity index (χ2v) is 8.29. The Morgan fingerprint density at radius 2 is 1.84 bits per heavy atom. The molecule has 1 atom stereocenters. The predicted octanol–water partition coefficient (Wildman–Crippen LogP) is 2.98. The van der Waals surface area contributed by atoms with E-state index in [-0.39, 0.29) is 5.91 Å². The second-order valence-electron chi connectivity index (χ2n) is 8.29. The molecule has 0 radical (unpaired) electrons. The van der Waals surface area contributed by atoms with E-state index < -0.39 is 6.10 Å². The highest BCUT2D eigenvalue weighted by Gasteiger charge is 2.36. The molecular formula is C24H27N5O3. The standard InChI is InChI=1S/C24H27N5O3/c1-17-16-26-23(31-17)18-6-3-4-7-19(18)29-11-9-21(24(29)30)32-20-8-5-10-25-22(20)28-14-12-27(2)13-15-28/h3-8,10,16,21H,9,11-15H2,1-2H3. The van der Waals surface area contributed by atoms with Crippen molar-refractivity contribution in [3.8, 4) is 17.2 Å². The molecule has 0 bridgehead atoms. The van der Waals surface area contributed by atoms with E-state index in [0.29, 0.717) is 24.6 Å². The average Bonchev–Trinajstić information content (AvgIpc) is 3.40. The van der Waals surface area contributed by atoms with Gasteiger partial charge < -0.3 is 23.9 Å². The van der Waals surface area contributed by atoms with Crippen LogP contribution in [0.3, 0.4) is 0 Å². The van der Waals surface area contributed by atoms with Gasteiger partial charge in [0.25, 0.3) is 5.91 Å². The molecule has 166 valence electrons. The summed E-state index contributed by atoms with van der Waals surface area (Å²) in [6, 6.07) is 11.4. The van der Waals surface area contributed by atoms with E-state index in [4.69, 9.17) is 9.15 Å². The van der Waals surface area contributed by atoms with Gasteiger partial charge in [-0.15, -0.1) is 0 Å². The number of likely N-dealkylation sites (N-methyl/N-ethyl adjacent to an activating group) is 1. The van der Waals surface area contributed by atoms with Gasteiger partial charge in [-0.1, -0.05) is 12.1 Å². The molecule has 8 heteroatoms. The molecule has 3 aromatic rings. The topological polar surface area (TPSA) is 74.9 Å². The summed E-state index contributed by atoms with van der Waals surface area (Å²) in [6.07, 6.45) is 3.52. The maximum absolute atomic E-state index is 13.3. The van der Waals surface area contributed by atoms with Gasteiger partial charge in [0, 0.05) is 45.3 Å². The molecule has 1 aromatic carbocycles. The fraction of sp³-hybridized carbons (Fsp3) is 0.375. The van der Waals surface area contributed by atoms with Crippen LogP contribution < -0.4 is 14.5 Å². The monoisotopic (exact) mass is 433 g/mol. The van der Waals surface area contributed by atoms with Gasteiger partial charge in [0.1, 0.15) is 5.76 Å². The van der Waals surface area contributed by atoms with Gasteiger partial charge in [-0.2, -0.15) is 0 Å². The molecule has 8 nitrogen and oxygen atoms in total. The smallest absolute Gasteiger partial charge is 0.268 e. The Bertz CT molecular complexity index is 1110. The Morgan fingerprint density at radius 3 is 2.62 bits per heavy atom. The minimum absolute atomic E-state index is 0.0612. The van der Waals surface area contributed by atoms with Crippen LogP contribution in [0.2, 0.25) is 0 Å². The lowest BCUT2D eigenvalue weighted by Crippen LogP contribution is -2.45. The predicted molar refractivity (Wildman–Crippen MR) is 122 cm³/mol. The lowest BCUT2D eigenvalue weighted by atomic mass is 10.1. The Balaban J connectivity index is 1.36. The summed E-state index contributed by atoms with van der Waals surface area (Å²) in [7, 11) is 2.12. The van der Waals surface area contributed by atoms with Crippen molar-refractivity contribution in [3.63, 3.8) is 0 Å². The van der Waals surface area contributed by atoms with Crippen LogP contribution in [0.15, 0.2) is 53.2 Å². The van der Waals surface area contributed by atoms with Crippen molar-refractivity contribution in [1.29, 1.82) is 0 Å². The van der Waals surface area contributed by atoms with Crippen LogP contribution in [0, 0.1) is 6.92 Å². The second kappa shape index (κ2) is 8.63. The zero-order valence-electron chi connectivity index (χ0n) is 18.4. The van der Waals surface area contributed by atoms with Crippen LogP contribution in [0.1, 0.15) is 12.2 Å². The first-order chi connectivity index (χ1) is 15.6. The number of aromatic nitrogens is 2. The van der Waals surface area contributed by atoms with Crippen molar-refractivity contribution in [1.82, 2.24) is 14.9 Å². The molecule has 2 aromatic heterocycles. The highest BCUT2D eigenvalue weighted by atomic mass is 16.5. The summed E-state index contributed by atoms with van der Waals surface area (Å²) in [6.45, 7) is 6.15. The summed E-state index contributed by atoms with van der Waals surface area (Å²) >= 11 is 0. The van der Waals surface area contributed by atoms with Crippen LogP contribution in [0.25, 0.3) is 11.5 Å². The summed E-state index contributed by atoms with van der Waals surface area (Å²) in [4.78, 5) is 28.5. The summed E-state index contributed by atoms with van der Waals surface area (Å²) < 4.78 is 12.0. The number of piperazine rings is 1. The Kier molecular flexibility index (Phi) is 5.53. The van der Waals surface area contributed by atoms with Crippen molar-refractivity contribution >= 4 is 17.4 Å². The number of nitrogens with zero attached hydrogens (tertiary/aromatic N) is 5. The lowest BCUT2D eigenvalue weighted by molar-refractivity contribution is -0.122. The van der Waals surface area contributed by atoms with Gasteiger partial charge in [0.15, 0.2) is 17.7 Å². The van der Waals surface area contributed by atoms with E-state index in [1.165, 1.54) is 0 Å². The molecule has 5 rings (SSSR count). The molecular weight excluding hydrogens is 406 g/mol. The first-order valence-corrected chi connectivity index (χ1v) is 11.0. The summed E-state index contributed by atoms with van der Waals surface area (Å²) in [5, 5.41) is 0. The van der Waals surface area contributed by atoms with Crippen molar-refractivity contribution in [2.24, 2.45) is 0 Å². The zero-order valence-corrected chi connectivity index (χ0v) is 18.4. The molecule has 1 amide bonds. The number of carbonyl (C=O) groups is 1. The average molecular weight is 434 g/mol. The van der Waals surface area contributed by atoms with Crippen LogP contribution in [-0.4, -0.2) is 66.7 Å². The molecule has 2 saturated heterocycles. The summed E-state index contributed by atoms with van der Waals surface area (Å²) in [5.41, 5.74) is 1.59. The van der Waals surface area contributed by atoms with E-state index in [1.54, 1.807) is 17.3 Å². The lowest BCUT2D eigenvalue weighted by Gasteiger charge is -2.34.